The number of piperidine rings is 2. The molecule has 1 aromatic carbocycles. The third-order valence-corrected chi connectivity index (χ3v) is 7.61. The van der Waals surface area contributed by atoms with Crippen molar-refractivity contribution in [2.24, 2.45) is 5.41 Å². The highest BCUT2D eigenvalue weighted by atomic mass is 16.1. The van der Waals surface area contributed by atoms with Crippen LogP contribution in [0.25, 0.3) is 0 Å². The molecule has 0 aliphatic carbocycles. The first-order valence-corrected chi connectivity index (χ1v) is 13.1. The van der Waals surface area contributed by atoms with E-state index in [0.29, 0.717) is 35.1 Å². The van der Waals surface area contributed by atoms with Crippen LogP contribution in [0.5, 0.6) is 0 Å². The fourth-order valence-corrected chi connectivity index (χ4v) is 5.17. The van der Waals surface area contributed by atoms with Crippen LogP contribution in [0.2, 0.25) is 0 Å². The average molecular weight is 514 g/mol. The Bertz CT molecular complexity index is 1230. The van der Waals surface area contributed by atoms with Gasteiger partial charge in [-0.25, -0.2) is 9.97 Å². The van der Waals surface area contributed by atoms with Crippen LogP contribution in [0, 0.1) is 5.41 Å². The zero-order valence-electron chi connectivity index (χ0n) is 21.9. The van der Waals surface area contributed by atoms with E-state index in [2.05, 4.69) is 71.4 Å². The molecule has 5 rings (SSSR count). The number of nitrogens with one attached hydrogen (secondary N) is 3. The Kier molecular flexibility index (Phi) is 7.78. The van der Waals surface area contributed by atoms with Crippen LogP contribution in [0.15, 0.2) is 61.7 Å². The maximum absolute atomic E-state index is 12.6. The first kappa shape index (κ1) is 25.6. The Balaban J connectivity index is 1.26. The predicted molar refractivity (Wildman–Crippen MR) is 150 cm³/mol. The molecular formula is C28H35N9O. The molecule has 1 spiro atoms. The maximum atomic E-state index is 12.6. The van der Waals surface area contributed by atoms with Gasteiger partial charge < -0.3 is 25.8 Å². The van der Waals surface area contributed by atoms with Crippen LogP contribution in [-0.2, 0) is 0 Å². The Morgan fingerprint density at radius 3 is 2.42 bits per heavy atom. The number of nitrogens with zero attached hydrogens (tertiary/aromatic N) is 6. The van der Waals surface area contributed by atoms with Gasteiger partial charge in [-0.3, -0.25) is 9.78 Å². The topological polar surface area (TPSA) is 111 Å². The van der Waals surface area contributed by atoms with Gasteiger partial charge in [0.25, 0.3) is 5.91 Å². The minimum atomic E-state index is -0.309. The quantitative estimate of drug-likeness (QED) is 0.385. The third kappa shape index (κ3) is 6.08. The second kappa shape index (κ2) is 11.6. The molecule has 0 bridgehead atoms. The third-order valence-electron chi connectivity index (χ3n) is 7.61. The molecule has 2 fully saturated rings. The molecule has 3 aromatic rings. The lowest BCUT2D eigenvalue weighted by atomic mass is 9.71. The van der Waals surface area contributed by atoms with Crippen molar-refractivity contribution in [3.05, 3.63) is 67.3 Å². The van der Waals surface area contributed by atoms with E-state index in [0.717, 1.165) is 18.8 Å². The van der Waals surface area contributed by atoms with E-state index in [1.54, 1.807) is 24.7 Å². The number of anilines is 5. The fourth-order valence-electron chi connectivity index (χ4n) is 5.17. The molecule has 198 valence electrons. The van der Waals surface area contributed by atoms with E-state index in [1.165, 1.54) is 50.7 Å². The van der Waals surface area contributed by atoms with Gasteiger partial charge in [0.1, 0.15) is 17.2 Å². The summed E-state index contributed by atoms with van der Waals surface area (Å²) in [5, 5.41) is 9.09. The molecule has 2 aliphatic rings. The fraction of sp³-hybridized carbons (Fsp3) is 0.393. The normalized spacial score (nSPS) is 17.1. The largest absolute Gasteiger partial charge is 0.371 e. The molecule has 0 atom stereocenters. The van der Waals surface area contributed by atoms with Crippen LogP contribution in [-0.4, -0.2) is 70.5 Å². The molecular weight excluding hydrogens is 478 g/mol. The summed E-state index contributed by atoms with van der Waals surface area (Å²) in [4.78, 5) is 34.8. The van der Waals surface area contributed by atoms with E-state index >= 15 is 0 Å². The Labute approximate surface area is 223 Å². The summed E-state index contributed by atoms with van der Waals surface area (Å²) in [5.74, 6) is 0.863. The average Bonchev–Trinajstić information content (AvgIpc) is 2.95. The van der Waals surface area contributed by atoms with Gasteiger partial charge in [-0.05, 0) is 75.5 Å². The smallest absolute Gasteiger partial charge is 0.256 e. The number of hydrogen-bond donors (Lipinski definition) is 3. The Morgan fingerprint density at radius 1 is 1.00 bits per heavy atom. The number of hydrogen-bond acceptors (Lipinski definition) is 9. The van der Waals surface area contributed by atoms with Crippen molar-refractivity contribution in [2.75, 3.05) is 55.3 Å². The Morgan fingerprint density at radius 2 is 1.74 bits per heavy atom. The minimum absolute atomic E-state index is 0.297. The van der Waals surface area contributed by atoms with E-state index in [9.17, 15) is 4.79 Å². The van der Waals surface area contributed by atoms with Gasteiger partial charge in [0.15, 0.2) is 0 Å². The van der Waals surface area contributed by atoms with Crippen molar-refractivity contribution in [1.82, 2.24) is 30.2 Å². The molecule has 0 unspecified atom stereocenters. The number of rotatable bonds is 8. The molecule has 4 heterocycles. The summed E-state index contributed by atoms with van der Waals surface area (Å²) in [5.41, 5.74) is 2.93. The van der Waals surface area contributed by atoms with Crippen LogP contribution in [0.1, 0.15) is 36.0 Å². The summed E-state index contributed by atoms with van der Waals surface area (Å²) < 4.78 is 0. The second-order valence-electron chi connectivity index (χ2n) is 10.1. The van der Waals surface area contributed by atoms with Crippen molar-refractivity contribution in [3.63, 3.8) is 0 Å². The molecule has 2 aromatic heterocycles. The number of carbonyl (C=O) groups excluding carboxylic acids is 1. The molecule has 38 heavy (non-hydrogen) atoms. The molecule has 3 N–H and O–H groups in total. The molecule has 0 radical (unpaired) electrons. The van der Waals surface area contributed by atoms with Crippen molar-refractivity contribution in [1.29, 1.82) is 0 Å². The summed E-state index contributed by atoms with van der Waals surface area (Å²) in [7, 11) is 2.23. The van der Waals surface area contributed by atoms with Gasteiger partial charge in [-0.1, -0.05) is 6.08 Å². The van der Waals surface area contributed by atoms with E-state index in [1.807, 2.05) is 12.1 Å². The zero-order chi connectivity index (χ0) is 26.4. The number of carbonyl (C=O) groups is 1. The van der Waals surface area contributed by atoms with Crippen molar-refractivity contribution in [3.8, 4) is 0 Å². The number of likely N-dealkylation sites (tertiary alicyclic amines) is 1. The SMILES string of the molecule is C=CCNC(=O)c1cnc(Nc2ccc(N3CCC4(CCN(C)CC4)CC3)cc2)nc1Nc1cnccn1. The number of benzene rings is 1. The lowest BCUT2D eigenvalue weighted by Crippen LogP contribution is -2.46. The highest BCUT2D eigenvalue weighted by Gasteiger charge is 2.36. The molecule has 10 nitrogen and oxygen atoms in total. The highest BCUT2D eigenvalue weighted by molar-refractivity contribution is 5.99. The second-order valence-corrected chi connectivity index (χ2v) is 10.1. The van der Waals surface area contributed by atoms with Crippen LogP contribution in [0.3, 0.4) is 0 Å². The monoisotopic (exact) mass is 513 g/mol. The number of amides is 1. The number of aromatic nitrogens is 4. The minimum Gasteiger partial charge on any atom is -0.371 e. The molecule has 0 saturated carbocycles. The summed E-state index contributed by atoms with van der Waals surface area (Å²) in [6.45, 7) is 8.63. The van der Waals surface area contributed by atoms with Crippen LogP contribution >= 0.6 is 0 Å². The zero-order valence-corrected chi connectivity index (χ0v) is 21.9. The van der Waals surface area contributed by atoms with Gasteiger partial charge in [-0.2, -0.15) is 4.98 Å². The molecule has 1 amide bonds. The standard InChI is InChI=1S/C28H35N9O/c1-3-12-31-26(38)23-19-32-27(35-25(23)34-24-20-29-13-14-30-24)33-21-4-6-22(7-5-21)37-17-10-28(11-18-37)8-15-36(2)16-9-28/h3-7,13-14,19-20H,1,8-12,15-18H2,2H3,(H,31,38)(H2,30,32,33,34,35). The van der Waals surface area contributed by atoms with Crippen molar-refractivity contribution >= 4 is 34.9 Å². The molecule has 2 saturated heterocycles. The highest BCUT2D eigenvalue weighted by Crippen LogP contribution is 2.42. The lowest BCUT2D eigenvalue weighted by Gasteiger charge is -2.46. The van der Waals surface area contributed by atoms with E-state index in [-0.39, 0.29) is 5.91 Å². The van der Waals surface area contributed by atoms with Gasteiger partial charge in [-0.15, -0.1) is 6.58 Å². The first-order chi connectivity index (χ1) is 18.5. The summed E-state index contributed by atoms with van der Waals surface area (Å²) in [6, 6.07) is 8.37. The summed E-state index contributed by atoms with van der Waals surface area (Å²) >= 11 is 0. The van der Waals surface area contributed by atoms with Gasteiger partial charge in [0.2, 0.25) is 5.95 Å². The molecule has 10 heteroatoms. The van der Waals surface area contributed by atoms with E-state index in [4.69, 9.17) is 0 Å². The summed E-state index contributed by atoms with van der Waals surface area (Å²) in [6.07, 6.45) is 13.0. The van der Waals surface area contributed by atoms with Gasteiger partial charge in [0, 0.05) is 49.6 Å². The van der Waals surface area contributed by atoms with Crippen molar-refractivity contribution in [2.45, 2.75) is 25.7 Å². The Hall–Kier alpha value is -4.05. The van der Waals surface area contributed by atoms with Gasteiger partial charge >= 0.3 is 0 Å². The predicted octanol–water partition coefficient (Wildman–Crippen LogP) is 3.98. The van der Waals surface area contributed by atoms with Crippen LogP contribution in [0.4, 0.5) is 29.0 Å². The van der Waals surface area contributed by atoms with E-state index < -0.39 is 0 Å². The maximum Gasteiger partial charge on any atom is 0.256 e. The molecule has 2 aliphatic heterocycles. The lowest BCUT2D eigenvalue weighted by molar-refractivity contribution is 0.0944. The van der Waals surface area contributed by atoms with Gasteiger partial charge in [0.05, 0.1) is 6.20 Å². The first-order valence-electron chi connectivity index (χ1n) is 13.1. The van der Waals surface area contributed by atoms with Crippen molar-refractivity contribution < 1.29 is 4.79 Å². The van der Waals surface area contributed by atoms with Crippen LogP contribution < -0.4 is 20.9 Å².